The fourth-order valence-electron chi connectivity index (χ4n) is 1.56. The van der Waals surface area contributed by atoms with E-state index in [1.54, 1.807) is 0 Å². The van der Waals surface area contributed by atoms with Crippen LogP contribution in [0.4, 0.5) is 0 Å². The minimum absolute atomic E-state index is 0.191. The van der Waals surface area contributed by atoms with E-state index in [4.69, 9.17) is 4.74 Å². The van der Waals surface area contributed by atoms with Crippen LogP contribution in [0.2, 0.25) is 0 Å². The van der Waals surface area contributed by atoms with Crippen molar-refractivity contribution in [1.29, 1.82) is 0 Å². The van der Waals surface area contributed by atoms with Crippen LogP contribution in [0.1, 0.15) is 18.9 Å². The standard InChI is InChI=1S/C13H13IN2O2/c1-2-3-9-4-6-10(7-5-9)18-13-11(14)12(17)15-8-16-13/h4-8H,2-3H2,1H3,(H,15,16,17). The fourth-order valence-corrected chi connectivity index (χ4v) is 1.97. The first-order chi connectivity index (χ1) is 8.70. The maximum absolute atomic E-state index is 11.4. The van der Waals surface area contributed by atoms with Gasteiger partial charge in [0, 0.05) is 0 Å². The summed E-state index contributed by atoms with van der Waals surface area (Å²) in [5.74, 6) is 1.02. The summed E-state index contributed by atoms with van der Waals surface area (Å²) >= 11 is 1.92. The quantitative estimate of drug-likeness (QED) is 0.857. The van der Waals surface area contributed by atoms with E-state index in [0.29, 0.717) is 15.2 Å². The molecule has 18 heavy (non-hydrogen) atoms. The zero-order valence-corrected chi connectivity index (χ0v) is 12.1. The number of aryl methyl sites for hydroxylation is 1. The average molecular weight is 356 g/mol. The molecule has 2 aromatic rings. The van der Waals surface area contributed by atoms with Gasteiger partial charge in [-0.25, -0.2) is 4.98 Å². The second-order valence-electron chi connectivity index (χ2n) is 3.85. The monoisotopic (exact) mass is 356 g/mol. The SMILES string of the molecule is CCCc1ccc(Oc2nc[nH]c(=O)c2I)cc1. The molecule has 1 aromatic heterocycles. The number of H-pyrrole nitrogens is 1. The summed E-state index contributed by atoms with van der Waals surface area (Å²) in [6, 6.07) is 7.84. The zero-order valence-electron chi connectivity index (χ0n) is 9.94. The highest BCUT2D eigenvalue weighted by molar-refractivity contribution is 14.1. The van der Waals surface area contributed by atoms with Crippen LogP contribution in [-0.4, -0.2) is 9.97 Å². The summed E-state index contributed by atoms with van der Waals surface area (Å²) in [5.41, 5.74) is 1.08. The number of ether oxygens (including phenoxy) is 1. The summed E-state index contributed by atoms with van der Waals surface area (Å²) in [4.78, 5) is 17.9. The lowest BCUT2D eigenvalue weighted by molar-refractivity contribution is 0.456. The van der Waals surface area contributed by atoms with Crippen LogP contribution < -0.4 is 10.3 Å². The Labute approximate surface area is 119 Å². The summed E-state index contributed by atoms with van der Waals surface area (Å²) in [6.07, 6.45) is 3.51. The highest BCUT2D eigenvalue weighted by Crippen LogP contribution is 2.22. The molecule has 0 amide bonds. The predicted molar refractivity (Wildman–Crippen MR) is 78.1 cm³/mol. The van der Waals surface area contributed by atoms with E-state index in [-0.39, 0.29) is 5.56 Å². The molecule has 1 heterocycles. The van der Waals surface area contributed by atoms with Crippen molar-refractivity contribution >= 4 is 22.6 Å². The van der Waals surface area contributed by atoms with Crippen LogP contribution >= 0.6 is 22.6 Å². The van der Waals surface area contributed by atoms with Gasteiger partial charge in [-0.2, -0.15) is 0 Å². The molecule has 2 rings (SSSR count). The largest absolute Gasteiger partial charge is 0.438 e. The molecule has 1 N–H and O–H groups in total. The van der Waals surface area contributed by atoms with E-state index in [2.05, 4.69) is 16.9 Å². The lowest BCUT2D eigenvalue weighted by Crippen LogP contribution is -2.11. The maximum Gasteiger partial charge on any atom is 0.268 e. The molecular formula is C13H13IN2O2. The Balaban J connectivity index is 2.18. The van der Waals surface area contributed by atoms with Gasteiger partial charge < -0.3 is 9.72 Å². The van der Waals surface area contributed by atoms with E-state index in [9.17, 15) is 4.79 Å². The van der Waals surface area contributed by atoms with Crippen LogP contribution in [-0.2, 0) is 6.42 Å². The fraction of sp³-hybridized carbons (Fsp3) is 0.231. The predicted octanol–water partition coefficient (Wildman–Crippen LogP) is 3.12. The van der Waals surface area contributed by atoms with Gasteiger partial charge >= 0.3 is 0 Å². The van der Waals surface area contributed by atoms with Crippen molar-refractivity contribution < 1.29 is 4.74 Å². The molecule has 0 atom stereocenters. The van der Waals surface area contributed by atoms with Crippen molar-refractivity contribution in [2.45, 2.75) is 19.8 Å². The molecule has 5 heteroatoms. The summed E-state index contributed by atoms with van der Waals surface area (Å²) in [7, 11) is 0. The Kier molecular flexibility index (Phi) is 4.35. The molecule has 0 spiro atoms. The highest BCUT2D eigenvalue weighted by Gasteiger charge is 2.07. The van der Waals surface area contributed by atoms with Crippen LogP contribution in [0.15, 0.2) is 35.4 Å². The van der Waals surface area contributed by atoms with Gasteiger partial charge in [-0.1, -0.05) is 25.5 Å². The first-order valence-corrected chi connectivity index (χ1v) is 6.78. The third-order valence-corrected chi connectivity index (χ3v) is 3.39. The number of nitrogens with one attached hydrogen (secondary N) is 1. The van der Waals surface area contributed by atoms with E-state index in [1.807, 2.05) is 46.9 Å². The normalized spacial score (nSPS) is 10.3. The number of hydrogen-bond acceptors (Lipinski definition) is 3. The molecule has 4 nitrogen and oxygen atoms in total. The molecule has 1 aromatic carbocycles. The number of aromatic amines is 1. The number of halogens is 1. The second kappa shape index (κ2) is 5.99. The molecule has 0 aliphatic rings. The Morgan fingerprint density at radius 1 is 1.33 bits per heavy atom. The Bertz CT molecular complexity index is 578. The summed E-state index contributed by atoms with van der Waals surface area (Å²) in [6.45, 7) is 2.15. The number of benzene rings is 1. The third kappa shape index (κ3) is 3.10. The Morgan fingerprint density at radius 3 is 2.72 bits per heavy atom. The van der Waals surface area contributed by atoms with Crippen molar-refractivity contribution in [1.82, 2.24) is 9.97 Å². The van der Waals surface area contributed by atoms with Crippen molar-refractivity contribution in [3.63, 3.8) is 0 Å². The molecule has 0 saturated heterocycles. The van der Waals surface area contributed by atoms with Gasteiger partial charge in [0.1, 0.15) is 9.32 Å². The maximum atomic E-state index is 11.4. The molecule has 0 unspecified atom stereocenters. The van der Waals surface area contributed by atoms with Crippen LogP contribution in [0, 0.1) is 3.57 Å². The van der Waals surface area contributed by atoms with Gasteiger partial charge in [0.05, 0.1) is 6.33 Å². The van der Waals surface area contributed by atoms with Gasteiger partial charge in [0.2, 0.25) is 5.88 Å². The van der Waals surface area contributed by atoms with Crippen molar-refractivity contribution in [3.05, 3.63) is 50.1 Å². The minimum Gasteiger partial charge on any atom is -0.438 e. The van der Waals surface area contributed by atoms with Crippen LogP contribution in [0.3, 0.4) is 0 Å². The highest BCUT2D eigenvalue weighted by atomic mass is 127. The Morgan fingerprint density at radius 2 is 2.06 bits per heavy atom. The number of rotatable bonds is 4. The molecule has 0 bridgehead atoms. The van der Waals surface area contributed by atoms with Gasteiger partial charge in [-0.05, 0) is 46.7 Å². The molecule has 0 radical (unpaired) electrons. The summed E-state index contributed by atoms with van der Waals surface area (Å²) in [5, 5.41) is 0. The van der Waals surface area contributed by atoms with Gasteiger partial charge in [0.25, 0.3) is 5.56 Å². The van der Waals surface area contributed by atoms with E-state index >= 15 is 0 Å². The van der Waals surface area contributed by atoms with Gasteiger partial charge in [-0.3, -0.25) is 4.79 Å². The molecule has 0 saturated carbocycles. The smallest absolute Gasteiger partial charge is 0.268 e. The lowest BCUT2D eigenvalue weighted by Gasteiger charge is -2.06. The van der Waals surface area contributed by atoms with Crippen molar-refractivity contribution in [2.75, 3.05) is 0 Å². The lowest BCUT2D eigenvalue weighted by atomic mass is 10.1. The molecular weight excluding hydrogens is 343 g/mol. The minimum atomic E-state index is -0.191. The molecule has 94 valence electrons. The Hall–Kier alpha value is -1.37. The summed E-state index contributed by atoms with van der Waals surface area (Å²) < 4.78 is 6.04. The molecule has 0 fully saturated rings. The van der Waals surface area contributed by atoms with E-state index < -0.39 is 0 Å². The van der Waals surface area contributed by atoms with Crippen LogP contribution in [0.25, 0.3) is 0 Å². The van der Waals surface area contributed by atoms with E-state index in [1.165, 1.54) is 11.9 Å². The van der Waals surface area contributed by atoms with Crippen LogP contribution in [0.5, 0.6) is 11.6 Å². The number of hydrogen-bond donors (Lipinski definition) is 1. The average Bonchev–Trinajstić information content (AvgIpc) is 2.38. The van der Waals surface area contributed by atoms with Crippen molar-refractivity contribution in [2.24, 2.45) is 0 Å². The second-order valence-corrected chi connectivity index (χ2v) is 4.93. The zero-order chi connectivity index (χ0) is 13.0. The number of aromatic nitrogens is 2. The van der Waals surface area contributed by atoms with Crippen molar-refractivity contribution in [3.8, 4) is 11.6 Å². The molecule has 0 aliphatic carbocycles. The van der Waals surface area contributed by atoms with Gasteiger partial charge in [0.15, 0.2) is 0 Å². The molecule has 0 aliphatic heterocycles. The first-order valence-electron chi connectivity index (χ1n) is 5.70. The topological polar surface area (TPSA) is 55.0 Å². The first kappa shape index (κ1) is 13.1. The third-order valence-electron chi connectivity index (χ3n) is 2.44. The van der Waals surface area contributed by atoms with Gasteiger partial charge in [-0.15, -0.1) is 0 Å². The van der Waals surface area contributed by atoms with E-state index in [0.717, 1.165) is 12.8 Å². The number of nitrogens with zero attached hydrogens (tertiary/aromatic N) is 1.